The molecule has 0 aliphatic rings. The van der Waals surface area contributed by atoms with E-state index in [9.17, 15) is 0 Å². The molecule has 62 heavy (non-hydrogen) atoms. The molecule has 0 unspecified atom stereocenters. The van der Waals surface area contributed by atoms with E-state index in [1.54, 1.807) is 0 Å². The molecule has 2 aromatic heterocycles. The van der Waals surface area contributed by atoms with Gasteiger partial charge in [-0.15, -0.1) is 23.3 Å². The molecule has 6 heteroatoms. The molecule has 0 fully saturated rings. The fourth-order valence-corrected chi connectivity index (χ4v) is 14.6. The Kier molecular flexibility index (Phi) is 16.6. The zero-order valence-corrected chi connectivity index (χ0v) is 40.9. The number of nitrogens with zero attached hydrogens (tertiary/aromatic N) is 2. The number of hydrogen-bond donors (Lipinski definition) is 0. The number of aryl methyl sites for hydroxylation is 2. The van der Waals surface area contributed by atoms with Gasteiger partial charge in [0.15, 0.2) is 0 Å². The average Bonchev–Trinajstić information content (AvgIpc) is 3.79. The van der Waals surface area contributed by atoms with Gasteiger partial charge in [0.2, 0.25) is 0 Å². The van der Waals surface area contributed by atoms with Crippen molar-refractivity contribution < 1.29 is 44.8 Å². The van der Waals surface area contributed by atoms with Crippen LogP contribution < -0.4 is 21.2 Å². The van der Waals surface area contributed by atoms with Crippen LogP contribution in [0.2, 0.25) is 0 Å². The molecule has 10 rings (SSSR count). The Morgan fingerprint density at radius 2 is 0.629 bits per heavy atom. The predicted molar refractivity (Wildman–Crippen MR) is 264 cm³/mol. The van der Waals surface area contributed by atoms with Crippen LogP contribution in [-0.2, 0) is 58.9 Å². The Bertz CT molecular complexity index is 2800. The van der Waals surface area contributed by atoms with E-state index in [0.717, 1.165) is 22.2 Å². The summed E-state index contributed by atoms with van der Waals surface area (Å²) in [6.07, 6.45) is 17.2. The van der Waals surface area contributed by atoms with Crippen LogP contribution in [0.5, 0.6) is 0 Å². The molecule has 0 aliphatic carbocycles. The standard InChI is InChI=1S/C26H24P2.2C15H10N.2Au/c1-5-13-23(14-6-1)27(24-15-7-2-8-16-24)21-22-28(25-17-9-3-10-18-25)26-19-11-4-12-20-26;2*1-3-11-7-6-9-13-12-8-4-5-10-14(12)16(2)15(11)13;;/h1-20H,21-22H2;2*4-10H,2H3;;/q;2*-1;2*+1/p+2. The Labute approximate surface area is 399 Å². The van der Waals surface area contributed by atoms with Gasteiger partial charge in [-0.1, -0.05) is 133 Å². The van der Waals surface area contributed by atoms with Crippen molar-refractivity contribution in [3.05, 3.63) is 230 Å². The van der Waals surface area contributed by atoms with Crippen LogP contribution in [0.4, 0.5) is 0 Å². The van der Waals surface area contributed by atoms with Crippen molar-refractivity contribution in [2.45, 2.75) is 0 Å². The molecule has 0 aliphatic heterocycles. The van der Waals surface area contributed by atoms with Gasteiger partial charge in [-0.25, -0.2) is 0 Å². The van der Waals surface area contributed by atoms with E-state index >= 15 is 0 Å². The molecular formula is C56H46Au2N2P2+2. The summed E-state index contributed by atoms with van der Waals surface area (Å²) in [7, 11) is 2.50. The maximum Gasteiger partial charge on any atom is 1.00 e. The number of aromatic nitrogens is 2. The summed E-state index contributed by atoms with van der Waals surface area (Å²) in [5.41, 5.74) is 6.24. The molecule has 2 heterocycles. The minimum Gasteiger partial charge on any atom is -0.366 e. The third kappa shape index (κ3) is 10.0. The number of hydrogen-bond acceptors (Lipinski definition) is 0. The van der Waals surface area contributed by atoms with Crippen molar-refractivity contribution in [3.63, 3.8) is 0 Å². The van der Waals surface area contributed by atoms with Crippen LogP contribution >= 0.6 is 15.8 Å². The SMILES string of the molecule is [Au+].[Au+].[C-]#Cc1cccc2c3ccccc3n(C)c12.[C-]#Cc1cccc2c3ccccc3n(C)c12.c1ccc([PH+](CC[PH+](c2ccccc2)c2ccccc2)c2ccccc2)cc1. The van der Waals surface area contributed by atoms with Gasteiger partial charge >= 0.3 is 44.8 Å². The van der Waals surface area contributed by atoms with Crippen LogP contribution in [0.25, 0.3) is 43.6 Å². The summed E-state index contributed by atoms with van der Waals surface area (Å²) in [5, 5.41) is 10.9. The van der Waals surface area contributed by atoms with Gasteiger partial charge in [-0.2, -0.15) is 0 Å². The summed E-state index contributed by atoms with van der Waals surface area (Å²) in [6.45, 7) is 0. The summed E-state index contributed by atoms with van der Waals surface area (Å²) in [6, 6.07) is 73.1. The zero-order valence-electron chi connectivity index (χ0n) is 34.5. The molecule has 0 atom stereocenters. The molecule has 0 amide bonds. The fourth-order valence-electron chi connectivity index (χ4n) is 8.39. The first-order valence-corrected chi connectivity index (χ1v) is 23.7. The van der Waals surface area contributed by atoms with Crippen LogP contribution in [0.3, 0.4) is 0 Å². The van der Waals surface area contributed by atoms with E-state index in [0.29, 0.717) is 0 Å². The molecule has 310 valence electrons. The maximum atomic E-state index is 7.33. The second-order valence-electron chi connectivity index (χ2n) is 14.7. The van der Waals surface area contributed by atoms with Gasteiger partial charge in [0, 0.05) is 35.9 Å². The molecule has 2 nitrogen and oxygen atoms in total. The summed E-state index contributed by atoms with van der Waals surface area (Å²) in [4.78, 5) is 0. The largest absolute Gasteiger partial charge is 1.00 e. The van der Waals surface area contributed by atoms with Gasteiger partial charge in [0.1, 0.15) is 12.3 Å². The van der Waals surface area contributed by atoms with Crippen LogP contribution in [0, 0.1) is 24.7 Å². The first-order chi connectivity index (χ1) is 29.6. The smallest absolute Gasteiger partial charge is 0.366 e. The van der Waals surface area contributed by atoms with Gasteiger partial charge in [0.05, 0.1) is 37.1 Å². The number of para-hydroxylation sites is 4. The maximum absolute atomic E-state index is 7.33. The third-order valence-electron chi connectivity index (χ3n) is 11.2. The average molecular weight is 1200 g/mol. The molecule has 0 spiro atoms. The molecular weight excluding hydrogens is 1160 g/mol. The topological polar surface area (TPSA) is 9.86 Å². The van der Waals surface area contributed by atoms with Gasteiger partial charge in [0.25, 0.3) is 0 Å². The monoisotopic (exact) mass is 1200 g/mol. The number of benzene rings is 8. The normalized spacial score (nSPS) is 10.5. The predicted octanol–water partition coefficient (Wildman–Crippen LogP) is 11.3. The van der Waals surface area contributed by atoms with Crippen LogP contribution in [0.1, 0.15) is 11.1 Å². The first kappa shape index (κ1) is 46.3. The minimum absolute atomic E-state index is 0. The quantitative estimate of drug-likeness (QED) is 0.0651. The van der Waals surface area contributed by atoms with E-state index in [-0.39, 0.29) is 44.8 Å². The Morgan fingerprint density at radius 3 is 0.935 bits per heavy atom. The van der Waals surface area contributed by atoms with E-state index < -0.39 is 15.8 Å². The Balaban J connectivity index is 0.000000162. The molecule has 0 radical (unpaired) electrons. The fraction of sp³-hybridized carbons (Fsp3) is 0.0714. The van der Waals surface area contributed by atoms with Crippen molar-refractivity contribution >= 4 is 80.7 Å². The molecule has 0 N–H and O–H groups in total. The molecule has 0 saturated heterocycles. The van der Waals surface area contributed by atoms with Crippen molar-refractivity contribution in [2.75, 3.05) is 12.3 Å². The van der Waals surface area contributed by atoms with E-state index in [4.69, 9.17) is 12.8 Å². The third-order valence-corrected chi connectivity index (χ3v) is 17.4. The number of rotatable bonds is 7. The van der Waals surface area contributed by atoms with Crippen molar-refractivity contribution in [2.24, 2.45) is 14.1 Å². The van der Waals surface area contributed by atoms with E-state index in [2.05, 4.69) is 179 Å². The second-order valence-corrected chi connectivity index (χ2v) is 20.0. The van der Waals surface area contributed by atoms with Crippen LogP contribution in [-0.4, -0.2) is 21.5 Å². The Morgan fingerprint density at radius 1 is 0.355 bits per heavy atom. The first-order valence-electron chi connectivity index (χ1n) is 20.3. The molecule has 0 saturated carbocycles. The second kappa shape index (κ2) is 22.3. The van der Waals surface area contributed by atoms with Crippen LogP contribution in [0.15, 0.2) is 206 Å². The minimum atomic E-state index is -0.783. The summed E-state index contributed by atoms with van der Waals surface area (Å²) < 4.78 is 4.25. The molecule has 8 aromatic carbocycles. The van der Waals surface area contributed by atoms with Crippen molar-refractivity contribution in [1.82, 2.24) is 9.13 Å². The molecule has 10 aromatic rings. The van der Waals surface area contributed by atoms with E-state index in [1.807, 2.05) is 62.6 Å². The Hall–Kier alpha value is -5.18. The van der Waals surface area contributed by atoms with Crippen molar-refractivity contribution in [3.8, 4) is 11.8 Å². The molecule has 0 bridgehead atoms. The summed E-state index contributed by atoms with van der Waals surface area (Å²) >= 11 is 0. The number of fused-ring (bicyclic) bond motifs is 6. The summed E-state index contributed by atoms with van der Waals surface area (Å²) in [5.74, 6) is 5.00. The van der Waals surface area contributed by atoms with Gasteiger partial charge in [-0.3, -0.25) is 11.8 Å². The van der Waals surface area contributed by atoms with E-state index in [1.165, 1.54) is 66.1 Å². The zero-order chi connectivity index (χ0) is 41.3. The van der Waals surface area contributed by atoms with Gasteiger partial charge in [-0.05, 0) is 82.5 Å². The van der Waals surface area contributed by atoms with Gasteiger partial charge < -0.3 is 22.0 Å². The van der Waals surface area contributed by atoms with Crippen molar-refractivity contribution in [1.29, 1.82) is 0 Å².